The van der Waals surface area contributed by atoms with Gasteiger partial charge < -0.3 is 0 Å². The maximum absolute atomic E-state index is 13.1. The van der Waals surface area contributed by atoms with E-state index in [4.69, 9.17) is 0 Å². The summed E-state index contributed by atoms with van der Waals surface area (Å²) in [5.41, 5.74) is 0.996. The molecule has 0 saturated heterocycles. The SMILES string of the molecule is CC(C)([Se]c1ccccc1)C1CN(S(C)(=O)=O)c2ccccc2C1=O. The Hall–Kier alpha value is -1.62. The average molecular weight is 422 g/mol. The van der Waals surface area contributed by atoms with Crippen LogP contribution in [0.25, 0.3) is 0 Å². The molecule has 0 amide bonds. The summed E-state index contributed by atoms with van der Waals surface area (Å²) in [4.78, 5) is 13.1. The molecule has 1 aliphatic rings. The van der Waals surface area contributed by atoms with E-state index in [2.05, 4.69) is 26.0 Å². The number of anilines is 1. The van der Waals surface area contributed by atoms with Crippen LogP contribution in [0, 0.1) is 5.92 Å². The van der Waals surface area contributed by atoms with Crippen LogP contribution in [-0.2, 0) is 10.0 Å². The van der Waals surface area contributed by atoms with Gasteiger partial charge in [-0.2, -0.15) is 0 Å². The molecule has 0 saturated carbocycles. The van der Waals surface area contributed by atoms with Gasteiger partial charge in [-0.3, -0.25) is 0 Å². The number of hydrogen-bond acceptors (Lipinski definition) is 3. The third kappa shape index (κ3) is 3.66. The third-order valence-corrected chi connectivity index (χ3v) is 8.38. The van der Waals surface area contributed by atoms with Gasteiger partial charge in [0, 0.05) is 0 Å². The molecule has 0 aromatic heterocycles. The van der Waals surface area contributed by atoms with Crippen LogP contribution >= 0.6 is 0 Å². The molecule has 1 heterocycles. The standard InChI is InChI=1S/C19H21NO3SSe/c1-19(2,25-14-9-5-4-6-10-14)16-13-20(24(3,22)23)17-12-8-7-11-15(17)18(16)21/h4-12,16H,13H2,1-3H3. The van der Waals surface area contributed by atoms with E-state index >= 15 is 0 Å². The predicted octanol–water partition coefficient (Wildman–Crippen LogP) is 2.49. The van der Waals surface area contributed by atoms with Crippen molar-refractivity contribution >= 4 is 40.9 Å². The molecule has 4 nitrogen and oxygen atoms in total. The second-order valence-corrected chi connectivity index (χ2v) is 12.3. The zero-order valence-electron chi connectivity index (χ0n) is 14.5. The number of fused-ring (bicyclic) bond motifs is 1. The van der Waals surface area contributed by atoms with Crippen molar-refractivity contribution in [2.24, 2.45) is 5.92 Å². The quantitative estimate of drug-likeness (QED) is 0.712. The number of nitrogens with zero attached hydrogens (tertiary/aromatic N) is 1. The first-order valence-electron chi connectivity index (χ1n) is 8.05. The van der Waals surface area contributed by atoms with Crippen molar-refractivity contribution in [2.45, 2.75) is 18.2 Å². The molecule has 3 rings (SSSR count). The van der Waals surface area contributed by atoms with Gasteiger partial charge in [0.15, 0.2) is 0 Å². The molecule has 1 unspecified atom stereocenters. The van der Waals surface area contributed by atoms with Crippen LogP contribution < -0.4 is 8.77 Å². The topological polar surface area (TPSA) is 54.5 Å². The van der Waals surface area contributed by atoms with E-state index in [9.17, 15) is 13.2 Å². The fraction of sp³-hybridized carbons (Fsp3) is 0.316. The maximum atomic E-state index is 13.1. The first-order valence-corrected chi connectivity index (χ1v) is 11.6. The zero-order chi connectivity index (χ0) is 18.2. The van der Waals surface area contributed by atoms with Gasteiger partial charge in [-0.05, 0) is 0 Å². The number of ketones is 1. The number of rotatable bonds is 4. The summed E-state index contributed by atoms with van der Waals surface area (Å²) in [6.07, 6.45) is 1.20. The van der Waals surface area contributed by atoms with Crippen molar-refractivity contribution in [2.75, 3.05) is 17.1 Å². The molecule has 0 aliphatic carbocycles. The molecule has 0 bridgehead atoms. The van der Waals surface area contributed by atoms with Gasteiger partial charge in [0.05, 0.1) is 0 Å². The number of hydrogen-bond donors (Lipinski definition) is 0. The number of para-hydroxylation sites is 1. The monoisotopic (exact) mass is 423 g/mol. The number of carbonyl (C=O) groups excluding carboxylic acids is 1. The average Bonchev–Trinajstić information content (AvgIpc) is 2.54. The third-order valence-electron chi connectivity index (χ3n) is 4.47. The van der Waals surface area contributed by atoms with Gasteiger partial charge in [-0.1, -0.05) is 0 Å². The molecule has 2 aromatic rings. The molecule has 6 heteroatoms. The van der Waals surface area contributed by atoms with Gasteiger partial charge in [0.25, 0.3) is 0 Å². The zero-order valence-corrected chi connectivity index (χ0v) is 17.0. The second kappa shape index (κ2) is 6.60. The Labute approximate surface area is 155 Å². The van der Waals surface area contributed by atoms with Crippen LogP contribution in [0.15, 0.2) is 54.6 Å². The minimum absolute atomic E-state index is 0.0401. The van der Waals surface area contributed by atoms with Crippen LogP contribution in [0.4, 0.5) is 5.69 Å². The molecule has 0 fully saturated rings. The number of sulfonamides is 1. The van der Waals surface area contributed by atoms with Crippen LogP contribution in [0.3, 0.4) is 0 Å². The van der Waals surface area contributed by atoms with Crippen molar-refractivity contribution in [3.8, 4) is 0 Å². The van der Waals surface area contributed by atoms with Gasteiger partial charge in [0.2, 0.25) is 0 Å². The van der Waals surface area contributed by atoms with Crippen molar-refractivity contribution in [1.29, 1.82) is 0 Å². The summed E-state index contributed by atoms with van der Waals surface area (Å²) in [5, 5.41) is 0. The minimum atomic E-state index is -3.44. The van der Waals surface area contributed by atoms with Crippen LogP contribution in [0.5, 0.6) is 0 Å². The van der Waals surface area contributed by atoms with Crippen LogP contribution in [0.2, 0.25) is 4.31 Å². The Morgan fingerprint density at radius 1 is 1.04 bits per heavy atom. The van der Waals surface area contributed by atoms with E-state index in [0.717, 1.165) is 0 Å². The summed E-state index contributed by atoms with van der Waals surface area (Å²) in [5.74, 6) is -0.323. The van der Waals surface area contributed by atoms with Gasteiger partial charge in [-0.15, -0.1) is 0 Å². The van der Waals surface area contributed by atoms with Gasteiger partial charge in [0.1, 0.15) is 0 Å². The molecule has 1 aliphatic heterocycles. The van der Waals surface area contributed by atoms with Crippen molar-refractivity contribution < 1.29 is 13.2 Å². The molecule has 2 aromatic carbocycles. The second-order valence-electron chi connectivity index (χ2n) is 6.75. The first kappa shape index (κ1) is 18.2. The molecule has 0 N–H and O–H groups in total. The fourth-order valence-electron chi connectivity index (χ4n) is 3.15. The first-order chi connectivity index (χ1) is 11.7. The normalized spacial score (nSPS) is 18.1. The Balaban J connectivity index is 2.01. The van der Waals surface area contributed by atoms with Crippen LogP contribution in [0.1, 0.15) is 24.2 Å². The fourth-order valence-corrected chi connectivity index (χ4v) is 6.65. The van der Waals surface area contributed by atoms with E-state index in [-0.39, 0.29) is 37.5 Å². The van der Waals surface area contributed by atoms with Gasteiger partial charge >= 0.3 is 155 Å². The van der Waals surface area contributed by atoms with Gasteiger partial charge in [-0.25, -0.2) is 0 Å². The number of carbonyl (C=O) groups is 1. The molecule has 1 atom stereocenters. The summed E-state index contributed by atoms with van der Waals surface area (Å²) < 4.78 is 26.9. The molecular formula is C19H21NO3SSe. The summed E-state index contributed by atoms with van der Waals surface area (Å²) in [7, 11) is -3.44. The summed E-state index contributed by atoms with van der Waals surface area (Å²) in [6.45, 7) is 4.34. The molecule has 0 radical (unpaired) electrons. The van der Waals surface area contributed by atoms with Crippen LogP contribution in [-0.4, -0.2) is 42.0 Å². The molecular weight excluding hydrogens is 401 g/mol. The van der Waals surface area contributed by atoms with E-state index < -0.39 is 10.0 Å². The Kier molecular flexibility index (Phi) is 4.80. The van der Waals surface area contributed by atoms with Crippen molar-refractivity contribution in [1.82, 2.24) is 0 Å². The predicted molar refractivity (Wildman–Crippen MR) is 102 cm³/mol. The molecule has 132 valence electrons. The van der Waals surface area contributed by atoms with E-state index in [1.165, 1.54) is 15.0 Å². The summed E-state index contributed by atoms with van der Waals surface area (Å²) >= 11 is 0.0457. The number of Topliss-reactive ketones (excluding diaryl/α,β-unsaturated/α-hetero) is 1. The van der Waals surface area contributed by atoms with E-state index in [0.29, 0.717) is 11.3 Å². The van der Waals surface area contributed by atoms with Crippen molar-refractivity contribution in [3.63, 3.8) is 0 Å². The van der Waals surface area contributed by atoms with E-state index in [1.807, 2.05) is 18.2 Å². The Morgan fingerprint density at radius 2 is 1.64 bits per heavy atom. The Morgan fingerprint density at radius 3 is 2.28 bits per heavy atom. The number of benzene rings is 2. The summed E-state index contributed by atoms with van der Waals surface area (Å²) in [6, 6.07) is 17.1. The van der Waals surface area contributed by atoms with E-state index in [1.54, 1.807) is 24.3 Å². The molecule has 25 heavy (non-hydrogen) atoms. The van der Waals surface area contributed by atoms with Crippen molar-refractivity contribution in [3.05, 3.63) is 60.2 Å². The Bertz CT molecular complexity index is 894. The molecule has 0 spiro atoms.